The Morgan fingerprint density at radius 2 is 2.06 bits per heavy atom. The van der Waals surface area contributed by atoms with E-state index in [2.05, 4.69) is 17.2 Å². The first kappa shape index (κ1) is 21.8. The Morgan fingerprint density at radius 3 is 2.84 bits per heavy atom. The first-order valence-electron chi connectivity index (χ1n) is 11.6. The summed E-state index contributed by atoms with van der Waals surface area (Å²) < 4.78 is 7.40. The Hall–Kier alpha value is -2.41. The van der Waals surface area contributed by atoms with Crippen molar-refractivity contribution >= 4 is 22.8 Å². The Balaban J connectivity index is 1.66. The van der Waals surface area contributed by atoms with Gasteiger partial charge in [-0.1, -0.05) is 31.9 Å². The molecule has 1 saturated carbocycles. The van der Waals surface area contributed by atoms with Crippen LogP contribution in [-0.4, -0.2) is 57.6 Å². The second-order valence-corrected chi connectivity index (χ2v) is 9.13. The van der Waals surface area contributed by atoms with Crippen LogP contribution >= 0.6 is 0 Å². The molecule has 0 radical (unpaired) electrons. The maximum absolute atomic E-state index is 13.7. The number of benzene rings is 1. The molecule has 3 unspecified atom stereocenters. The molecule has 1 aromatic carbocycles. The lowest BCUT2D eigenvalue weighted by Crippen LogP contribution is -2.65. The lowest BCUT2D eigenvalue weighted by molar-refractivity contribution is -0.134. The topological polar surface area (TPSA) is 76.5 Å². The fourth-order valence-electron chi connectivity index (χ4n) is 5.00. The number of fused-ring (bicyclic) bond motifs is 3. The lowest BCUT2D eigenvalue weighted by Gasteiger charge is -2.44. The predicted molar refractivity (Wildman–Crippen MR) is 120 cm³/mol. The summed E-state index contributed by atoms with van der Waals surface area (Å²) in [4.78, 5) is 33.5. The average Bonchev–Trinajstić information content (AvgIpc) is 3.13. The molecule has 1 aromatic heterocycles. The molecule has 7 nitrogen and oxygen atoms in total. The zero-order chi connectivity index (χ0) is 22.0. The molecule has 2 aliphatic rings. The highest BCUT2D eigenvalue weighted by Crippen LogP contribution is 2.32. The van der Waals surface area contributed by atoms with Crippen LogP contribution in [0.25, 0.3) is 11.0 Å². The van der Waals surface area contributed by atoms with E-state index in [0.29, 0.717) is 44.5 Å². The second kappa shape index (κ2) is 8.99. The van der Waals surface area contributed by atoms with Gasteiger partial charge in [0.05, 0.1) is 17.6 Å². The number of hydrogen-bond donors (Lipinski definition) is 1. The number of carbonyl (C=O) groups is 2. The van der Waals surface area contributed by atoms with E-state index in [1.54, 1.807) is 4.90 Å². The van der Waals surface area contributed by atoms with Crippen LogP contribution < -0.4 is 5.32 Å². The molecule has 1 aliphatic carbocycles. The number of para-hydroxylation sites is 2. The molecular formula is C24H34N4O3. The number of hydrogen-bond acceptors (Lipinski definition) is 4. The second-order valence-electron chi connectivity index (χ2n) is 9.13. The van der Waals surface area contributed by atoms with E-state index in [1.807, 2.05) is 42.7 Å². The van der Waals surface area contributed by atoms with Gasteiger partial charge in [0, 0.05) is 25.8 Å². The van der Waals surface area contributed by atoms with Crippen LogP contribution in [0.4, 0.5) is 0 Å². The van der Waals surface area contributed by atoms with Crippen LogP contribution in [0.5, 0.6) is 0 Å². The van der Waals surface area contributed by atoms with Gasteiger partial charge in [0.25, 0.3) is 5.91 Å². The quantitative estimate of drug-likeness (QED) is 0.689. The highest BCUT2D eigenvalue weighted by Gasteiger charge is 2.48. The van der Waals surface area contributed by atoms with E-state index < -0.39 is 5.54 Å². The fourth-order valence-corrected chi connectivity index (χ4v) is 5.00. The van der Waals surface area contributed by atoms with Gasteiger partial charge in [0.2, 0.25) is 5.91 Å². The fraction of sp³-hybridized carbons (Fsp3) is 0.625. The summed E-state index contributed by atoms with van der Waals surface area (Å²) in [5.74, 6) is 0.610. The smallest absolute Gasteiger partial charge is 0.290 e. The van der Waals surface area contributed by atoms with Crippen LogP contribution in [0.2, 0.25) is 0 Å². The third-order valence-electron chi connectivity index (χ3n) is 6.94. The molecule has 0 saturated heterocycles. The minimum atomic E-state index is -0.975. The van der Waals surface area contributed by atoms with E-state index in [0.717, 1.165) is 30.3 Å². The SMILES string of the molecule is CCOCCCN1C(=O)c2nc3ccccc3n2CC1(C)C(=O)NC1CCCCC1C. The average molecular weight is 427 g/mol. The molecule has 2 aromatic rings. The highest BCUT2D eigenvalue weighted by molar-refractivity contribution is 6.01. The summed E-state index contributed by atoms with van der Waals surface area (Å²) in [5.41, 5.74) is 0.701. The van der Waals surface area contributed by atoms with Crippen LogP contribution in [0.1, 0.15) is 63.5 Å². The number of nitrogens with zero attached hydrogens (tertiary/aromatic N) is 3. The summed E-state index contributed by atoms with van der Waals surface area (Å²) in [6.07, 6.45) is 5.18. The molecule has 2 heterocycles. The molecule has 7 heteroatoms. The first-order valence-corrected chi connectivity index (χ1v) is 11.6. The monoisotopic (exact) mass is 426 g/mol. The summed E-state index contributed by atoms with van der Waals surface area (Å²) in [5, 5.41) is 3.30. The molecule has 1 aliphatic heterocycles. The van der Waals surface area contributed by atoms with Gasteiger partial charge in [-0.25, -0.2) is 4.98 Å². The largest absolute Gasteiger partial charge is 0.382 e. The molecule has 1 N–H and O–H groups in total. The summed E-state index contributed by atoms with van der Waals surface area (Å²) in [6, 6.07) is 7.90. The van der Waals surface area contributed by atoms with E-state index in [9.17, 15) is 9.59 Å². The van der Waals surface area contributed by atoms with Crippen molar-refractivity contribution in [2.45, 2.75) is 71.0 Å². The number of ether oxygens (including phenoxy) is 1. The molecule has 1 fully saturated rings. The molecule has 0 bridgehead atoms. The van der Waals surface area contributed by atoms with Gasteiger partial charge in [-0.05, 0) is 51.2 Å². The Kier molecular flexibility index (Phi) is 6.32. The molecule has 4 rings (SSSR count). The zero-order valence-corrected chi connectivity index (χ0v) is 18.9. The van der Waals surface area contributed by atoms with Crippen LogP contribution in [0.3, 0.4) is 0 Å². The van der Waals surface area contributed by atoms with Crippen molar-refractivity contribution < 1.29 is 14.3 Å². The molecule has 0 spiro atoms. The Bertz CT molecular complexity index is 955. The van der Waals surface area contributed by atoms with Crippen molar-refractivity contribution in [3.8, 4) is 0 Å². The van der Waals surface area contributed by atoms with Crippen molar-refractivity contribution in [1.82, 2.24) is 19.8 Å². The number of amides is 2. The third kappa shape index (κ3) is 4.07. The van der Waals surface area contributed by atoms with E-state index >= 15 is 0 Å². The maximum atomic E-state index is 13.7. The number of nitrogens with one attached hydrogen (secondary N) is 1. The Labute approximate surface area is 184 Å². The number of rotatable bonds is 7. The van der Waals surface area contributed by atoms with Crippen molar-refractivity contribution in [3.05, 3.63) is 30.1 Å². The van der Waals surface area contributed by atoms with Gasteiger partial charge in [-0.15, -0.1) is 0 Å². The van der Waals surface area contributed by atoms with Gasteiger partial charge in [-0.3, -0.25) is 9.59 Å². The molecule has 3 atom stereocenters. The standard InChI is InChI=1S/C24H34N4O3/c1-4-31-15-9-14-28-22(29)21-25-19-12-7-8-13-20(19)27(21)16-24(28,3)23(30)26-18-11-6-5-10-17(18)2/h7-8,12-13,17-18H,4-6,9-11,14-16H2,1-3H3,(H,26,30). The van der Waals surface area contributed by atoms with Crippen molar-refractivity contribution in [2.24, 2.45) is 5.92 Å². The minimum absolute atomic E-state index is 0.0700. The van der Waals surface area contributed by atoms with Gasteiger partial charge in [-0.2, -0.15) is 0 Å². The van der Waals surface area contributed by atoms with Crippen molar-refractivity contribution in [1.29, 1.82) is 0 Å². The van der Waals surface area contributed by atoms with E-state index in [4.69, 9.17) is 4.74 Å². The molecule has 2 amide bonds. The van der Waals surface area contributed by atoms with Gasteiger partial charge in [0.1, 0.15) is 5.54 Å². The molecular weight excluding hydrogens is 392 g/mol. The predicted octanol–water partition coefficient (Wildman–Crippen LogP) is 3.37. The van der Waals surface area contributed by atoms with Gasteiger partial charge < -0.3 is 19.5 Å². The highest BCUT2D eigenvalue weighted by atomic mass is 16.5. The first-order chi connectivity index (χ1) is 15.0. The lowest BCUT2D eigenvalue weighted by atomic mass is 9.85. The third-order valence-corrected chi connectivity index (χ3v) is 6.94. The maximum Gasteiger partial charge on any atom is 0.290 e. The minimum Gasteiger partial charge on any atom is -0.382 e. The number of carbonyl (C=O) groups excluding carboxylic acids is 2. The van der Waals surface area contributed by atoms with Crippen molar-refractivity contribution in [2.75, 3.05) is 19.8 Å². The van der Waals surface area contributed by atoms with Gasteiger partial charge in [0.15, 0.2) is 5.82 Å². The summed E-state index contributed by atoms with van der Waals surface area (Å²) in [6.45, 7) is 8.13. The van der Waals surface area contributed by atoms with Crippen molar-refractivity contribution in [3.63, 3.8) is 0 Å². The Morgan fingerprint density at radius 1 is 1.29 bits per heavy atom. The molecule has 31 heavy (non-hydrogen) atoms. The summed E-state index contributed by atoms with van der Waals surface area (Å²) in [7, 11) is 0. The van der Waals surface area contributed by atoms with E-state index in [-0.39, 0.29) is 17.9 Å². The van der Waals surface area contributed by atoms with Gasteiger partial charge >= 0.3 is 0 Å². The van der Waals surface area contributed by atoms with Crippen LogP contribution in [0.15, 0.2) is 24.3 Å². The van der Waals surface area contributed by atoms with Crippen LogP contribution in [-0.2, 0) is 16.1 Å². The normalized spacial score (nSPS) is 26.2. The van der Waals surface area contributed by atoms with Crippen LogP contribution in [0, 0.1) is 5.92 Å². The summed E-state index contributed by atoms with van der Waals surface area (Å²) >= 11 is 0. The van der Waals surface area contributed by atoms with E-state index in [1.165, 1.54) is 6.42 Å². The number of imidazole rings is 1. The molecule has 168 valence electrons. The number of aromatic nitrogens is 2. The zero-order valence-electron chi connectivity index (χ0n) is 18.9.